The highest BCUT2D eigenvalue weighted by molar-refractivity contribution is 5.96. The first-order valence-corrected chi connectivity index (χ1v) is 9.12. The van der Waals surface area contributed by atoms with Crippen molar-refractivity contribution in [1.82, 2.24) is 25.4 Å². The summed E-state index contributed by atoms with van der Waals surface area (Å²) in [5.41, 5.74) is 3.53. The van der Waals surface area contributed by atoms with Gasteiger partial charge in [0.25, 0.3) is 5.91 Å². The third-order valence-electron chi connectivity index (χ3n) is 4.45. The molecule has 2 aromatic heterocycles. The van der Waals surface area contributed by atoms with Crippen LogP contribution in [-0.4, -0.2) is 39.7 Å². The van der Waals surface area contributed by atoms with E-state index in [0.29, 0.717) is 18.5 Å². The largest absolute Gasteiger partial charge is 0.354 e. The van der Waals surface area contributed by atoms with Crippen molar-refractivity contribution in [2.75, 3.05) is 13.1 Å². The molecule has 0 saturated heterocycles. The molecular weight excluding hydrogens is 354 g/mol. The first kappa shape index (κ1) is 19.3. The Morgan fingerprint density at radius 2 is 1.75 bits per heavy atom. The van der Waals surface area contributed by atoms with Crippen LogP contribution in [-0.2, 0) is 11.2 Å². The second-order valence-corrected chi connectivity index (χ2v) is 6.40. The van der Waals surface area contributed by atoms with E-state index in [2.05, 4.69) is 20.7 Å². The Bertz CT molecular complexity index is 952. The molecule has 0 fully saturated rings. The normalized spacial score (nSPS) is 10.5. The number of carbonyl (C=O) groups is 2. The van der Waals surface area contributed by atoms with E-state index in [4.69, 9.17) is 0 Å². The third-order valence-corrected chi connectivity index (χ3v) is 4.45. The minimum absolute atomic E-state index is 0.0567. The average Bonchev–Trinajstić information content (AvgIpc) is 3.01. The van der Waals surface area contributed by atoms with Crippen LogP contribution < -0.4 is 10.6 Å². The van der Waals surface area contributed by atoms with Gasteiger partial charge in [0.1, 0.15) is 0 Å². The number of amides is 2. The molecule has 0 aliphatic heterocycles. The number of nitrogens with zero attached hydrogens (tertiary/aromatic N) is 3. The summed E-state index contributed by atoms with van der Waals surface area (Å²) < 4.78 is 1.81. The summed E-state index contributed by atoms with van der Waals surface area (Å²) in [4.78, 5) is 28.3. The highest BCUT2D eigenvalue weighted by atomic mass is 16.2. The Balaban J connectivity index is 1.50. The van der Waals surface area contributed by atoms with Gasteiger partial charge in [0.05, 0.1) is 12.2 Å². The van der Waals surface area contributed by atoms with Gasteiger partial charge < -0.3 is 10.6 Å². The van der Waals surface area contributed by atoms with Gasteiger partial charge in [-0.2, -0.15) is 5.10 Å². The number of hydrogen-bond donors (Lipinski definition) is 2. The molecule has 3 aromatic rings. The number of hydrogen-bond acceptors (Lipinski definition) is 4. The van der Waals surface area contributed by atoms with Crippen LogP contribution >= 0.6 is 0 Å². The van der Waals surface area contributed by atoms with E-state index in [1.807, 2.05) is 42.8 Å². The van der Waals surface area contributed by atoms with Gasteiger partial charge >= 0.3 is 0 Å². The summed E-state index contributed by atoms with van der Waals surface area (Å²) >= 11 is 0. The van der Waals surface area contributed by atoms with Crippen LogP contribution in [0.3, 0.4) is 0 Å². The van der Waals surface area contributed by atoms with Crippen LogP contribution in [0.15, 0.2) is 54.7 Å². The topological polar surface area (TPSA) is 88.9 Å². The lowest BCUT2D eigenvalue weighted by atomic mass is 10.1. The number of aromatic nitrogens is 3. The Kier molecular flexibility index (Phi) is 6.16. The lowest BCUT2D eigenvalue weighted by Crippen LogP contribution is -2.37. The van der Waals surface area contributed by atoms with Crippen molar-refractivity contribution in [3.8, 4) is 5.82 Å². The maximum atomic E-state index is 12.0. The maximum absolute atomic E-state index is 12.0. The summed E-state index contributed by atoms with van der Waals surface area (Å²) in [6.07, 6.45) is 2.39. The molecule has 7 nitrogen and oxygen atoms in total. The van der Waals surface area contributed by atoms with Gasteiger partial charge in [0.2, 0.25) is 5.91 Å². The fourth-order valence-electron chi connectivity index (χ4n) is 2.98. The lowest BCUT2D eigenvalue weighted by Gasteiger charge is -2.08. The molecule has 0 aliphatic rings. The number of carbonyl (C=O) groups excluding carboxylic acids is 2. The number of nitrogens with one attached hydrogen (secondary N) is 2. The number of benzene rings is 1. The van der Waals surface area contributed by atoms with Crippen LogP contribution in [0, 0.1) is 13.8 Å². The second kappa shape index (κ2) is 8.94. The highest BCUT2D eigenvalue weighted by Crippen LogP contribution is 2.16. The molecule has 28 heavy (non-hydrogen) atoms. The van der Waals surface area contributed by atoms with E-state index in [1.54, 1.807) is 30.5 Å². The molecule has 0 bridgehead atoms. The van der Waals surface area contributed by atoms with Gasteiger partial charge in [-0.05, 0) is 50.1 Å². The highest BCUT2D eigenvalue weighted by Gasteiger charge is 2.14. The minimum atomic E-state index is -0.265. The zero-order valence-electron chi connectivity index (χ0n) is 16.0. The molecule has 144 valence electrons. The van der Waals surface area contributed by atoms with E-state index in [1.165, 1.54) is 0 Å². The minimum Gasteiger partial charge on any atom is -0.354 e. The van der Waals surface area contributed by atoms with Gasteiger partial charge in [0.15, 0.2) is 5.82 Å². The van der Waals surface area contributed by atoms with Crippen molar-refractivity contribution >= 4 is 11.8 Å². The first-order valence-electron chi connectivity index (χ1n) is 9.12. The Hall–Kier alpha value is -3.48. The zero-order valence-corrected chi connectivity index (χ0v) is 16.0. The van der Waals surface area contributed by atoms with Gasteiger partial charge in [-0.25, -0.2) is 9.67 Å². The molecular formula is C21H23N5O2. The molecule has 0 radical (unpaired) electrons. The SMILES string of the molecule is Cc1nn(-c2ccccn2)c(C)c1CCNC(=O)CNC(=O)c1ccccc1. The summed E-state index contributed by atoms with van der Waals surface area (Å²) in [5, 5.41) is 10.0. The standard InChI is InChI=1S/C21H23N5O2/c1-15-18(16(2)26(25-15)19-10-6-7-12-22-19)11-13-23-20(27)14-24-21(28)17-8-4-3-5-9-17/h3-10,12H,11,13-14H2,1-2H3,(H,23,27)(H,24,28). The first-order chi connectivity index (χ1) is 13.6. The predicted octanol–water partition coefficient (Wildman–Crippen LogP) is 1.97. The molecule has 0 saturated carbocycles. The maximum Gasteiger partial charge on any atom is 0.251 e. The summed E-state index contributed by atoms with van der Waals surface area (Å²) in [5.74, 6) is 0.276. The van der Waals surface area contributed by atoms with E-state index in [-0.39, 0.29) is 18.4 Å². The van der Waals surface area contributed by atoms with Gasteiger partial charge in [-0.1, -0.05) is 24.3 Å². The molecule has 2 amide bonds. The fraction of sp³-hybridized carbons (Fsp3) is 0.238. The van der Waals surface area contributed by atoms with Gasteiger partial charge in [-0.3, -0.25) is 9.59 Å². The van der Waals surface area contributed by atoms with Crippen molar-refractivity contribution in [3.05, 3.63) is 77.2 Å². The van der Waals surface area contributed by atoms with Crippen molar-refractivity contribution < 1.29 is 9.59 Å². The monoisotopic (exact) mass is 377 g/mol. The molecule has 0 unspecified atom stereocenters. The van der Waals surface area contributed by atoms with Crippen LogP contribution in [0.2, 0.25) is 0 Å². The smallest absolute Gasteiger partial charge is 0.251 e. The van der Waals surface area contributed by atoms with Crippen LogP contribution in [0.5, 0.6) is 0 Å². The molecule has 3 rings (SSSR count). The number of rotatable bonds is 7. The second-order valence-electron chi connectivity index (χ2n) is 6.40. The number of pyridine rings is 1. The quantitative estimate of drug-likeness (QED) is 0.659. The Morgan fingerprint density at radius 1 is 1.00 bits per heavy atom. The summed E-state index contributed by atoms with van der Waals surface area (Å²) in [7, 11) is 0. The van der Waals surface area contributed by atoms with Crippen LogP contribution in [0.4, 0.5) is 0 Å². The summed E-state index contributed by atoms with van der Waals surface area (Å²) in [6, 6.07) is 14.5. The summed E-state index contributed by atoms with van der Waals surface area (Å²) in [6.45, 7) is 4.35. The van der Waals surface area contributed by atoms with Gasteiger partial charge in [0, 0.05) is 24.0 Å². The van der Waals surface area contributed by atoms with Crippen LogP contribution in [0.1, 0.15) is 27.3 Å². The molecule has 1 aromatic carbocycles. The van der Waals surface area contributed by atoms with Crippen molar-refractivity contribution in [3.63, 3.8) is 0 Å². The van der Waals surface area contributed by atoms with E-state index < -0.39 is 0 Å². The molecule has 7 heteroatoms. The van der Waals surface area contributed by atoms with Gasteiger partial charge in [-0.15, -0.1) is 0 Å². The van der Waals surface area contributed by atoms with Crippen molar-refractivity contribution in [2.45, 2.75) is 20.3 Å². The molecule has 2 heterocycles. The Labute approximate surface area is 163 Å². The molecule has 0 aliphatic carbocycles. The predicted molar refractivity (Wildman–Crippen MR) is 106 cm³/mol. The van der Waals surface area contributed by atoms with Crippen LogP contribution in [0.25, 0.3) is 5.82 Å². The van der Waals surface area contributed by atoms with Crippen molar-refractivity contribution in [2.24, 2.45) is 0 Å². The lowest BCUT2D eigenvalue weighted by molar-refractivity contribution is -0.120. The average molecular weight is 377 g/mol. The molecule has 0 atom stereocenters. The fourth-order valence-corrected chi connectivity index (χ4v) is 2.98. The molecule has 0 spiro atoms. The third kappa shape index (κ3) is 4.62. The zero-order chi connectivity index (χ0) is 19.9. The van der Waals surface area contributed by atoms with Crippen molar-refractivity contribution in [1.29, 1.82) is 0 Å². The van der Waals surface area contributed by atoms with E-state index in [0.717, 1.165) is 22.8 Å². The Morgan fingerprint density at radius 3 is 2.46 bits per heavy atom. The van der Waals surface area contributed by atoms with E-state index >= 15 is 0 Å². The molecule has 2 N–H and O–H groups in total. The van der Waals surface area contributed by atoms with E-state index in [9.17, 15) is 9.59 Å². The number of aryl methyl sites for hydroxylation is 1.